The van der Waals surface area contributed by atoms with E-state index in [0.717, 1.165) is 15.9 Å². The molecular formula is C15H17BrN2O2. The van der Waals surface area contributed by atoms with Gasteiger partial charge < -0.3 is 4.74 Å². The third-order valence-electron chi connectivity index (χ3n) is 3.08. The van der Waals surface area contributed by atoms with Crippen molar-refractivity contribution in [3.8, 4) is 5.75 Å². The van der Waals surface area contributed by atoms with Gasteiger partial charge in [-0.05, 0) is 41.9 Å². The first kappa shape index (κ1) is 14.8. The molecule has 0 saturated carbocycles. The molecule has 0 atom stereocenters. The molecule has 2 aromatic rings. The molecule has 0 spiro atoms. The van der Waals surface area contributed by atoms with E-state index in [4.69, 9.17) is 4.74 Å². The Labute approximate surface area is 126 Å². The molecule has 20 heavy (non-hydrogen) atoms. The Morgan fingerprint density at radius 1 is 1.40 bits per heavy atom. The molecule has 0 aliphatic heterocycles. The van der Waals surface area contributed by atoms with Gasteiger partial charge in [-0.25, -0.2) is 0 Å². The van der Waals surface area contributed by atoms with Gasteiger partial charge in [0.05, 0.1) is 34.5 Å². The van der Waals surface area contributed by atoms with Crippen LogP contribution < -0.4 is 4.74 Å². The molecule has 0 bridgehead atoms. The van der Waals surface area contributed by atoms with E-state index in [-0.39, 0.29) is 5.78 Å². The number of halogens is 1. The average molecular weight is 337 g/mol. The summed E-state index contributed by atoms with van der Waals surface area (Å²) in [5.41, 5.74) is 2.37. The molecule has 1 aromatic heterocycles. The van der Waals surface area contributed by atoms with Crippen LogP contribution in [-0.2, 0) is 13.5 Å². The quantitative estimate of drug-likeness (QED) is 0.786. The van der Waals surface area contributed by atoms with Gasteiger partial charge in [-0.1, -0.05) is 12.1 Å². The number of benzene rings is 1. The van der Waals surface area contributed by atoms with Gasteiger partial charge in [-0.2, -0.15) is 5.10 Å². The monoisotopic (exact) mass is 336 g/mol. The highest BCUT2D eigenvalue weighted by Gasteiger charge is 2.18. The summed E-state index contributed by atoms with van der Waals surface area (Å²) in [4.78, 5) is 12.5. The lowest BCUT2D eigenvalue weighted by atomic mass is 10.1. The van der Waals surface area contributed by atoms with Crippen molar-refractivity contribution in [2.75, 3.05) is 6.61 Å². The van der Waals surface area contributed by atoms with Crippen LogP contribution >= 0.6 is 15.9 Å². The fourth-order valence-corrected chi connectivity index (χ4v) is 2.57. The summed E-state index contributed by atoms with van der Waals surface area (Å²) in [6, 6.07) is 7.33. The standard InChI is InChI=1S/C15H17BrN2O2/c1-4-20-14-8-6-5-7-11(14)13(19)9-12-15(16)10(2)17-18(12)3/h5-8H,4,9H2,1-3H3. The predicted octanol–water partition coefficient (Wildman–Crippen LogP) is 3.32. The minimum atomic E-state index is 0.0257. The van der Waals surface area contributed by atoms with E-state index < -0.39 is 0 Å². The molecule has 5 heteroatoms. The molecule has 0 aliphatic rings. The zero-order valence-electron chi connectivity index (χ0n) is 11.8. The van der Waals surface area contributed by atoms with Crippen molar-refractivity contribution >= 4 is 21.7 Å². The predicted molar refractivity (Wildman–Crippen MR) is 81.3 cm³/mol. The van der Waals surface area contributed by atoms with E-state index in [1.807, 2.05) is 39.1 Å². The van der Waals surface area contributed by atoms with Gasteiger partial charge >= 0.3 is 0 Å². The van der Waals surface area contributed by atoms with Crippen LogP contribution in [0.2, 0.25) is 0 Å². The largest absolute Gasteiger partial charge is 0.493 e. The molecule has 0 saturated heterocycles. The Balaban J connectivity index is 2.29. The van der Waals surface area contributed by atoms with E-state index in [1.54, 1.807) is 10.7 Å². The van der Waals surface area contributed by atoms with Crippen molar-refractivity contribution in [2.24, 2.45) is 7.05 Å². The summed E-state index contributed by atoms with van der Waals surface area (Å²) < 4.78 is 8.13. The maximum absolute atomic E-state index is 12.5. The summed E-state index contributed by atoms with van der Waals surface area (Å²) in [6.07, 6.45) is 0.294. The van der Waals surface area contributed by atoms with E-state index in [9.17, 15) is 4.79 Å². The molecule has 1 heterocycles. The molecule has 2 rings (SSSR count). The van der Waals surface area contributed by atoms with Crippen LogP contribution in [0.3, 0.4) is 0 Å². The third kappa shape index (κ3) is 2.93. The summed E-state index contributed by atoms with van der Waals surface area (Å²) in [6.45, 7) is 4.35. The Morgan fingerprint density at radius 3 is 2.70 bits per heavy atom. The van der Waals surface area contributed by atoms with Gasteiger partial charge in [-0.3, -0.25) is 9.48 Å². The number of carbonyl (C=O) groups excluding carboxylic acids is 1. The van der Waals surface area contributed by atoms with Crippen LogP contribution in [0.5, 0.6) is 5.75 Å². The van der Waals surface area contributed by atoms with Crippen LogP contribution in [0, 0.1) is 6.92 Å². The molecule has 0 radical (unpaired) electrons. The van der Waals surface area contributed by atoms with Crippen molar-refractivity contribution < 1.29 is 9.53 Å². The van der Waals surface area contributed by atoms with E-state index in [1.165, 1.54) is 0 Å². The smallest absolute Gasteiger partial charge is 0.172 e. The van der Waals surface area contributed by atoms with Gasteiger partial charge in [0.25, 0.3) is 0 Å². The number of ether oxygens (including phenoxy) is 1. The fourth-order valence-electron chi connectivity index (χ4n) is 2.10. The minimum absolute atomic E-state index is 0.0257. The fraction of sp³-hybridized carbons (Fsp3) is 0.333. The highest BCUT2D eigenvalue weighted by molar-refractivity contribution is 9.10. The van der Waals surface area contributed by atoms with E-state index in [0.29, 0.717) is 24.3 Å². The normalized spacial score (nSPS) is 10.6. The lowest BCUT2D eigenvalue weighted by molar-refractivity contribution is 0.0987. The zero-order chi connectivity index (χ0) is 14.7. The Bertz CT molecular complexity index is 635. The third-order valence-corrected chi connectivity index (χ3v) is 4.11. The number of para-hydroxylation sites is 1. The van der Waals surface area contributed by atoms with Crippen LogP contribution in [0.4, 0.5) is 0 Å². The molecule has 0 amide bonds. The van der Waals surface area contributed by atoms with Crippen LogP contribution in [-0.4, -0.2) is 22.2 Å². The molecule has 0 unspecified atom stereocenters. The number of aryl methyl sites for hydroxylation is 2. The van der Waals surface area contributed by atoms with Crippen LogP contribution in [0.25, 0.3) is 0 Å². The summed E-state index contributed by atoms with van der Waals surface area (Å²) >= 11 is 3.48. The van der Waals surface area contributed by atoms with E-state index in [2.05, 4.69) is 21.0 Å². The maximum Gasteiger partial charge on any atom is 0.172 e. The molecule has 4 nitrogen and oxygen atoms in total. The van der Waals surface area contributed by atoms with Crippen molar-refractivity contribution in [1.29, 1.82) is 0 Å². The average Bonchev–Trinajstić information content (AvgIpc) is 2.66. The second-order valence-corrected chi connectivity index (χ2v) is 5.29. The summed E-state index contributed by atoms with van der Waals surface area (Å²) in [5, 5.41) is 4.30. The van der Waals surface area contributed by atoms with E-state index >= 15 is 0 Å². The second-order valence-electron chi connectivity index (χ2n) is 4.50. The summed E-state index contributed by atoms with van der Waals surface area (Å²) in [7, 11) is 1.84. The van der Waals surface area contributed by atoms with Gasteiger partial charge in [0.2, 0.25) is 0 Å². The van der Waals surface area contributed by atoms with Crippen LogP contribution in [0.1, 0.15) is 28.7 Å². The zero-order valence-corrected chi connectivity index (χ0v) is 13.4. The maximum atomic E-state index is 12.5. The lowest BCUT2D eigenvalue weighted by Crippen LogP contribution is -2.10. The first-order chi connectivity index (χ1) is 9.54. The minimum Gasteiger partial charge on any atom is -0.493 e. The SMILES string of the molecule is CCOc1ccccc1C(=O)Cc1c(Br)c(C)nn1C. The topological polar surface area (TPSA) is 44.1 Å². The van der Waals surface area contributed by atoms with Crippen molar-refractivity contribution in [3.05, 3.63) is 45.7 Å². The number of hydrogen-bond donors (Lipinski definition) is 0. The number of nitrogens with zero attached hydrogens (tertiary/aromatic N) is 2. The number of rotatable bonds is 5. The first-order valence-electron chi connectivity index (χ1n) is 6.47. The Kier molecular flexibility index (Phi) is 4.60. The number of ketones is 1. The second kappa shape index (κ2) is 6.22. The highest BCUT2D eigenvalue weighted by Crippen LogP contribution is 2.24. The number of hydrogen-bond acceptors (Lipinski definition) is 3. The van der Waals surface area contributed by atoms with Gasteiger partial charge in [0.15, 0.2) is 5.78 Å². The Morgan fingerprint density at radius 2 is 2.10 bits per heavy atom. The molecule has 0 aliphatic carbocycles. The molecule has 0 fully saturated rings. The first-order valence-corrected chi connectivity index (χ1v) is 7.26. The molecule has 1 aromatic carbocycles. The van der Waals surface area contributed by atoms with Crippen molar-refractivity contribution in [1.82, 2.24) is 9.78 Å². The van der Waals surface area contributed by atoms with Crippen LogP contribution in [0.15, 0.2) is 28.7 Å². The number of Topliss-reactive ketones (excluding diaryl/α,β-unsaturated/α-hetero) is 1. The Hall–Kier alpha value is -1.62. The van der Waals surface area contributed by atoms with Crippen molar-refractivity contribution in [3.63, 3.8) is 0 Å². The van der Waals surface area contributed by atoms with Gasteiger partial charge in [0, 0.05) is 7.05 Å². The molecular weight excluding hydrogens is 320 g/mol. The number of carbonyl (C=O) groups is 1. The summed E-state index contributed by atoms with van der Waals surface area (Å²) in [5.74, 6) is 0.660. The van der Waals surface area contributed by atoms with Gasteiger partial charge in [0.1, 0.15) is 5.75 Å². The highest BCUT2D eigenvalue weighted by atomic mass is 79.9. The van der Waals surface area contributed by atoms with Gasteiger partial charge in [-0.15, -0.1) is 0 Å². The number of aromatic nitrogens is 2. The molecule has 106 valence electrons. The van der Waals surface area contributed by atoms with Crippen molar-refractivity contribution in [2.45, 2.75) is 20.3 Å². The molecule has 0 N–H and O–H groups in total. The lowest BCUT2D eigenvalue weighted by Gasteiger charge is -2.09.